The van der Waals surface area contributed by atoms with Crippen molar-refractivity contribution in [1.82, 2.24) is 4.98 Å². The van der Waals surface area contributed by atoms with Gasteiger partial charge in [0.1, 0.15) is 10.7 Å². The minimum Gasteiger partial charge on any atom is -0.316 e. The SMILES string of the molecule is CC(=O)Nc1sc(N/N=C/C=C/c2ccccc2)nc1-c1cccs1. The quantitative estimate of drug-likeness (QED) is 0.478. The molecule has 0 aliphatic carbocycles. The van der Waals surface area contributed by atoms with Crippen LogP contribution in [0.15, 0.2) is 59.0 Å². The maximum absolute atomic E-state index is 11.4. The van der Waals surface area contributed by atoms with Gasteiger partial charge in [-0.1, -0.05) is 53.8 Å². The summed E-state index contributed by atoms with van der Waals surface area (Å²) in [6.45, 7) is 1.48. The minimum atomic E-state index is -0.123. The van der Waals surface area contributed by atoms with E-state index in [2.05, 4.69) is 20.8 Å². The molecule has 0 saturated heterocycles. The molecule has 5 nitrogen and oxygen atoms in total. The van der Waals surface area contributed by atoms with Crippen molar-refractivity contribution in [3.8, 4) is 10.6 Å². The number of thiazole rings is 1. The molecule has 25 heavy (non-hydrogen) atoms. The van der Waals surface area contributed by atoms with E-state index in [0.29, 0.717) is 10.1 Å². The first-order valence-electron chi connectivity index (χ1n) is 7.55. The van der Waals surface area contributed by atoms with Gasteiger partial charge in [0.15, 0.2) is 0 Å². The van der Waals surface area contributed by atoms with Gasteiger partial charge in [-0.25, -0.2) is 4.98 Å². The van der Waals surface area contributed by atoms with Crippen LogP contribution in [-0.4, -0.2) is 17.1 Å². The third-order valence-electron chi connectivity index (χ3n) is 3.08. The summed E-state index contributed by atoms with van der Waals surface area (Å²) in [4.78, 5) is 16.9. The van der Waals surface area contributed by atoms with E-state index in [9.17, 15) is 4.79 Å². The van der Waals surface area contributed by atoms with Crippen LogP contribution in [0.3, 0.4) is 0 Å². The van der Waals surface area contributed by atoms with Gasteiger partial charge < -0.3 is 5.32 Å². The zero-order valence-corrected chi connectivity index (χ0v) is 15.1. The van der Waals surface area contributed by atoms with Gasteiger partial charge >= 0.3 is 0 Å². The number of hydrogen-bond acceptors (Lipinski definition) is 6. The lowest BCUT2D eigenvalue weighted by Gasteiger charge is -1.99. The molecule has 0 saturated carbocycles. The predicted octanol–water partition coefficient (Wildman–Crippen LogP) is 4.94. The fraction of sp³-hybridized carbons (Fsp3) is 0.0556. The van der Waals surface area contributed by atoms with E-state index < -0.39 is 0 Å². The number of benzene rings is 1. The van der Waals surface area contributed by atoms with Gasteiger partial charge in [-0.15, -0.1) is 11.3 Å². The van der Waals surface area contributed by atoms with Crippen molar-refractivity contribution in [3.63, 3.8) is 0 Å². The van der Waals surface area contributed by atoms with Gasteiger partial charge in [0.2, 0.25) is 11.0 Å². The van der Waals surface area contributed by atoms with E-state index in [0.717, 1.165) is 16.1 Å². The maximum Gasteiger partial charge on any atom is 0.221 e. The normalized spacial score (nSPS) is 11.2. The number of carbonyl (C=O) groups excluding carboxylic acids is 1. The first kappa shape index (κ1) is 17.1. The molecule has 2 aromatic heterocycles. The summed E-state index contributed by atoms with van der Waals surface area (Å²) in [6.07, 6.45) is 5.48. The van der Waals surface area contributed by atoms with E-state index in [1.807, 2.05) is 60.0 Å². The second-order valence-electron chi connectivity index (χ2n) is 5.02. The molecule has 0 radical (unpaired) electrons. The van der Waals surface area contributed by atoms with Crippen molar-refractivity contribution in [2.75, 3.05) is 10.7 Å². The van der Waals surface area contributed by atoms with E-state index >= 15 is 0 Å². The molecule has 0 bridgehead atoms. The van der Waals surface area contributed by atoms with Gasteiger partial charge in [-0.2, -0.15) is 5.10 Å². The number of nitrogens with one attached hydrogen (secondary N) is 2. The molecule has 1 aromatic carbocycles. The molecule has 3 rings (SSSR count). The predicted molar refractivity (Wildman–Crippen MR) is 107 cm³/mol. The summed E-state index contributed by atoms with van der Waals surface area (Å²) >= 11 is 2.93. The highest BCUT2D eigenvalue weighted by Crippen LogP contribution is 2.37. The third-order valence-corrected chi connectivity index (χ3v) is 4.83. The summed E-state index contributed by atoms with van der Waals surface area (Å²) in [7, 11) is 0. The molecule has 2 heterocycles. The van der Waals surface area contributed by atoms with Crippen LogP contribution in [0.4, 0.5) is 10.1 Å². The molecule has 0 spiro atoms. The van der Waals surface area contributed by atoms with E-state index in [-0.39, 0.29) is 5.91 Å². The topological polar surface area (TPSA) is 66.4 Å². The smallest absolute Gasteiger partial charge is 0.221 e. The molecule has 7 heteroatoms. The van der Waals surface area contributed by atoms with Crippen LogP contribution in [0.2, 0.25) is 0 Å². The van der Waals surface area contributed by atoms with Gasteiger partial charge in [0.25, 0.3) is 0 Å². The Kier molecular flexibility index (Phi) is 5.71. The largest absolute Gasteiger partial charge is 0.316 e. The van der Waals surface area contributed by atoms with Crippen LogP contribution >= 0.6 is 22.7 Å². The second kappa shape index (κ2) is 8.36. The van der Waals surface area contributed by atoms with Crippen LogP contribution in [0.1, 0.15) is 12.5 Å². The maximum atomic E-state index is 11.4. The van der Waals surface area contributed by atoms with E-state index in [4.69, 9.17) is 0 Å². The number of hydrazone groups is 1. The second-order valence-corrected chi connectivity index (χ2v) is 6.96. The lowest BCUT2D eigenvalue weighted by molar-refractivity contribution is -0.114. The molecule has 1 amide bonds. The van der Waals surface area contributed by atoms with Gasteiger partial charge in [-0.05, 0) is 23.1 Å². The number of amides is 1. The summed E-state index contributed by atoms with van der Waals surface area (Å²) < 4.78 is 0. The first-order chi connectivity index (χ1) is 12.2. The highest BCUT2D eigenvalue weighted by molar-refractivity contribution is 7.21. The number of thiophene rings is 1. The fourth-order valence-electron chi connectivity index (χ4n) is 2.05. The van der Waals surface area contributed by atoms with Crippen molar-refractivity contribution >= 4 is 51.0 Å². The monoisotopic (exact) mass is 368 g/mol. The van der Waals surface area contributed by atoms with Gasteiger partial charge in [-0.3, -0.25) is 10.2 Å². The molecule has 0 fully saturated rings. The van der Waals surface area contributed by atoms with E-state index in [1.165, 1.54) is 18.3 Å². The summed E-state index contributed by atoms with van der Waals surface area (Å²) in [5.41, 5.74) is 4.77. The van der Waals surface area contributed by atoms with Crippen molar-refractivity contribution < 1.29 is 4.79 Å². The molecular formula is C18H16N4OS2. The lowest BCUT2D eigenvalue weighted by Crippen LogP contribution is -2.04. The van der Waals surface area contributed by atoms with Crippen LogP contribution < -0.4 is 10.7 Å². The van der Waals surface area contributed by atoms with Crippen LogP contribution in [0.5, 0.6) is 0 Å². The van der Waals surface area contributed by atoms with Crippen molar-refractivity contribution in [2.24, 2.45) is 5.10 Å². The Morgan fingerprint density at radius 3 is 2.76 bits per heavy atom. The molecule has 0 aliphatic heterocycles. The fourth-order valence-corrected chi connectivity index (χ4v) is 3.71. The highest BCUT2D eigenvalue weighted by Gasteiger charge is 2.14. The first-order valence-corrected chi connectivity index (χ1v) is 9.25. The van der Waals surface area contributed by atoms with Gasteiger partial charge in [0.05, 0.1) is 4.88 Å². The molecule has 0 unspecified atom stereocenters. The highest BCUT2D eigenvalue weighted by atomic mass is 32.1. The molecule has 2 N–H and O–H groups in total. The summed E-state index contributed by atoms with van der Waals surface area (Å²) in [5, 5.41) is 10.3. The number of aromatic nitrogens is 1. The summed E-state index contributed by atoms with van der Waals surface area (Å²) in [6, 6.07) is 13.9. The van der Waals surface area contributed by atoms with E-state index in [1.54, 1.807) is 17.6 Å². The zero-order valence-electron chi connectivity index (χ0n) is 13.5. The number of hydrogen-bond donors (Lipinski definition) is 2. The average Bonchev–Trinajstić information content (AvgIpc) is 3.25. The number of rotatable bonds is 6. The van der Waals surface area contributed by atoms with Gasteiger partial charge in [0, 0.05) is 13.1 Å². The van der Waals surface area contributed by atoms with Crippen LogP contribution in [-0.2, 0) is 4.79 Å². The molecule has 126 valence electrons. The lowest BCUT2D eigenvalue weighted by atomic mass is 10.2. The molecule has 0 aliphatic rings. The average molecular weight is 368 g/mol. The van der Waals surface area contributed by atoms with Crippen molar-refractivity contribution in [2.45, 2.75) is 6.92 Å². The van der Waals surface area contributed by atoms with Crippen LogP contribution in [0.25, 0.3) is 16.6 Å². The summed E-state index contributed by atoms with van der Waals surface area (Å²) in [5.74, 6) is -0.123. The number of anilines is 2. The minimum absolute atomic E-state index is 0.123. The van der Waals surface area contributed by atoms with Crippen molar-refractivity contribution in [1.29, 1.82) is 0 Å². The Bertz CT molecular complexity index is 883. The molecular weight excluding hydrogens is 352 g/mol. The number of allylic oxidation sites excluding steroid dienone is 1. The Morgan fingerprint density at radius 1 is 1.20 bits per heavy atom. The van der Waals surface area contributed by atoms with Crippen molar-refractivity contribution in [3.05, 3.63) is 59.5 Å². The Labute approximate surface area is 153 Å². The van der Waals surface area contributed by atoms with Crippen LogP contribution in [0, 0.1) is 0 Å². The Hall–Kier alpha value is -2.77. The Balaban J connectivity index is 1.69. The molecule has 3 aromatic rings. The number of carbonyl (C=O) groups is 1. The third kappa shape index (κ3) is 4.85. The zero-order chi connectivity index (χ0) is 17.5. The molecule has 0 atom stereocenters. The Morgan fingerprint density at radius 2 is 2.04 bits per heavy atom. The standard InChI is InChI=1S/C18H16N4OS2/c1-13(23)20-17-16(15-10-6-12-24-15)21-18(25-17)22-19-11-5-9-14-7-3-2-4-8-14/h2-12H,1H3,(H,20,23)(H,21,22)/b9-5+,19-11+. The number of nitrogens with zero attached hydrogens (tertiary/aromatic N) is 2.